The van der Waals surface area contributed by atoms with Gasteiger partial charge in [-0.25, -0.2) is 0 Å². The number of esters is 2. The van der Waals surface area contributed by atoms with E-state index in [-0.39, 0.29) is 55.5 Å². The summed E-state index contributed by atoms with van der Waals surface area (Å²) in [4.78, 5) is 52.6. The Balaban J connectivity index is 2.47. The van der Waals surface area contributed by atoms with E-state index in [1.54, 1.807) is 11.0 Å². The lowest BCUT2D eigenvalue weighted by Gasteiger charge is -2.32. The average Bonchev–Trinajstić information content (AvgIpc) is 3.27. The quantitative estimate of drug-likeness (QED) is 0.0284. The summed E-state index contributed by atoms with van der Waals surface area (Å²) in [7, 11) is 0. The molecule has 2 amide bonds. The van der Waals surface area contributed by atoms with Gasteiger partial charge in [-0.05, 0) is 82.3 Å². The number of unbranched alkanes of at least 4 members (excludes halogenated alkanes) is 22. The van der Waals surface area contributed by atoms with Crippen molar-refractivity contribution in [3.8, 4) is 0 Å². The summed E-state index contributed by atoms with van der Waals surface area (Å²) >= 11 is 0. The van der Waals surface area contributed by atoms with Crippen LogP contribution in [0.1, 0.15) is 248 Å². The molecule has 378 valence electrons. The number of amides is 2. The second-order valence-corrected chi connectivity index (χ2v) is 19.9. The third-order valence-electron chi connectivity index (χ3n) is 13.1. The number of ether oxygens (including phenoxy) is 2. The number of carbonyl (C=O) groups is 4. The minimum Gasteiger partial charge on any atom is -0.464 e. The van der Waals surface area contributed by atoms with Crippen LogP contribution >= 0.6 is 0 Å². The highest BCUT2D eigenvalue weighted by Crippen LogP contribution is 2.40. The zero-order chi connectivity index (χ0) is 48.5. The summed E-state index contributed by atoms with van der Waals surface area (Å²) in [6.45, 7) is 16.8. The molecule has 0 heterocycles. The largest absolute Gasteiger partial charge is 0.464 e. The molecule has 8 nitrogen and oxygen atoms in total. The molecule has 0 aliphatic heterocycles. The van der Waals surface area contributed by atoms with Gasteiger partial charge >= 0.3 is 11.9 Å². The van der Waals surface area contributed by atoms with Crippen molar-refractivity contribution in [3.63, 3.8) is 0 Å². The smallest absolute Gasteiger partial charge is 0.305 e. The van der Waals surface area contributed by atoms with Crippen molar-refractivity contribution in [2.75, 3.05) is 32.8 Å². The molecule has 1 rings (SSSR count). The Morgan fingerprint density at radius 2 is 1.06 bits per heavy atom. The van der Waals surface area contributed by atoms with Crippen molar-refractivity contribution >= 4 is 23.8 Å². The third kappa shape index (κ3) is 34.0. The normalized spacial score (nSPS) is 14.3. The molecular formula is C58H100N2O6. The van der Waals surface area contributed by atoms with Crippen LogP contribution in [0.2, 0.25) is 0 Å². The molecule has 1 N–H and O–H groups in total. The van der Waals surface area contributed by atoms with Gasteiger partial charge in [-0.3, -0.25) is 19.2 Å². The molecule has 0 bridgehead atoms. The van der Waals surface area contributed by atoms with Gasteiger partial charge in [-0.15, -0.1) is 0 Å². The molecule has 66 heavy (non-hydrogen) atoms. The van der Waals surface area contributed by atoms with Crippen LogP contribution in [-0.2, 0) is 28.7 Å². The fourth-order valence-corrected chi connectivity index (χ4v) is 8.80. The van der Waals surface area contributed by atoms with E-state index in [0.717, 1.165) is 62.5 Å². The van der Waals surface area contributed by atoms with Crippen molar-refractivity contribution in [2.45, 2.75) is 248 Å². The Bertz CT molecular complexity index is 1430. The van der Waals surface area contributed by atoms with Crippen molar-refractivity contribution in [1.29, 1.82) is 0 Å². The molecule has 0 saturated heterocycles. The number of allylic oxidation sites excluding steroid dienone is 9. The molecule has 0 unspecified atom stereocenters. The first-order valence-electron chi connectivity index (χ1n) is 27.2. The van der Waals surface area contributed by atoms with Crippen LogP contribution in [0.25, 0.3) is 0 Å². The monoisotopic (exact) mass is 921 g/mol. The van der Waals surface area contributed by atoms with Crippen molar-refractivity contribution in [2.24, 2.45) is 5.41 Å². The summed E-state index contributed by atoms with van der Waals surface area (Å²) in [6.07, 6.45) is 46.1. The molecule has 0 aromatic heterocycles. The SMILES string of the molecule is CCCCCCCCCCCCCC(=O)OCCN(CCOC(=O)CCCCCCCCCCCCC)C(=O)CCCCCNC(=O)/C=C(C)/C=C/C=C(C)/C=C/C1=C(C)CCCC1(C)C. The van der Waals surface area contributed by atoms with E-state index in [0.29, 0.717) is 32.2 Å². The Hall–Kier alpha value is -3.42. The Labute approximate surface area is 405 Å². The maximum atomic E-state index is 13.4. The third-order valence-corrected chi connectivity index (χ3v) is 13.1. The van der Waals surface area contributed by atoms with Gasteiger partial charge in [0.05, 0.1) is 13.1 Å². The summed E-state index contributed by atoms with van der Waals surface area (Å²) in [5, 5.41) is 2.97. The van der Waals surface area contributed by atoms with E-state index in [9.17, 15) is 19.2 Å². The number of nitrogens with one attached hydrogen (secondary N) is 1. The second kappa shape index (κ2) is 40.6. The Kier molecular flexibility index (Phi) is 37.3. The molecule has 1 aliphatic carbocycles. The number of hydrogen-bond donors (Lipinski definition) is 1. The molecule has 0 saturated carbocycles. The lowest BCUT2D eigenvalue weighted by Crippen LogP contribution is -2.37. The van der Waals surface area contributed by atoms with Crippen LogP contribution in [0.15, 0.2) is 58.7 Å². The minimum absolute atomic E-state index is 0.0444. The van der Waals surface area contributed by atoms with Gasteiger partial charge in [0.15, 0.2) is 0 Å². The highest BCUT2D eigenvalue weighted by molar-refractivity contribution is 5.88. The van der Waals surface area contributed by atoms with Gasteiger partial charge in [0.1, 0.15) is 13.2 Å². The molecule has 0 fully saturated rings. The predicted molar refractivity (Wildman–Crippen MR) is 278 cm³/mol. The first-order valence-corrected chi connectivity index (χ1v) is 27.2. The number of nitrogens with zero attached hydrogens (tertiary/aromatic N) is 1. The molecular weight excluding hydrogens is 821 g/mol. The molecule has 8 heteroatoms. The summed E-state index contributed by atoms with van der Waals surface area (Å²) in [6, 6.07) is 0. The molecule has 0 atom stereocenters. The average molecular weight is 921 g/mol. The maximum absolute atomic E-state index is 13.4. The highest BCUT2D eigenvalue weighted by atomic mass is 16.5. The summed E-state index contributed by atoms with van der Waals surface area (Å²) in [5.74, 6) is -0.612. The predicted octanol–water partition coefficient (Wildman–Crippen LogP) is 15.5. The van der Waals surface area contributed by atoms with E-state index in [1.165, 1.54) is 133 Å². The Morgan fingerprint density at radius 1 is 0.606 bits per heavy atom. The summed E-state index contributed by atoms with van der Waals surface area (Å²) < 4.78 is 11.1. The van der Waals surface area contributed by atoms with E-state index < -0.39 is 0 Å². The van der Waals surface area contributed by atoms with Crippen LogP contribution in [0.5, 0.6) is 0 Å². The zero-order valence-electron chi connectivity index (χ0n) is 43.8. The van der Waals surface area contributed by atoms with E-state index in [1.807, 2.05) is 19.1 Å². The van der Waals surface area contributed by atoms with Gasteiger partial charge < -0.3 is 19.7 Å². The van der Waals surface area contributed by atoms with Gasteiger partial charge in [0, 0.05) is 31.9 Å². The van der Waals surface area contributed by atoms with Crippen LogP contribution in [0, 0.1) is 5.41 Å². The van der Waals surface area contributed by atoms with E-state index >= 15 is 0 Å². The fourth-order valence-electron chi connectivity index (χ4n) is 8.80. The first kappa shape index (κ1) is 60.6. The molecule has 0 spiro atoms. The van der Waals surface area contributed by atoms with Gasteiger partial charge in [-0.1, -0.05) is 204 Å². The maximum Gasteiger partial charge on any atom is 0.305 e. The van der Waals surface area contributed by atoms with Gasteiger partial charge in [-0.2, -0.15) is 0 Å². The fraction of sp³-hybridized carbons (Fsp3) is 0.759. The lowest BCUT2D eigenvalue weighted by atomic mass is 9.72. The van der Waals surface area contributed by atoms with E-state index in [2.05, 4.69) is 65.1 Å². The zero-order valence-corrected chi connectivity index (χ0v) is 43.8. The van der Waals surface area contributed by atoms with E-state index in [4.69, 9.17) is 9.47 Å². The molecule has 0 aromatic carbocycles. The van der Waals surface area contributed by atoms with Crippen molar-refractivity contribution < 1.29 is 28.7 Å². The van der Waals surface area contributed by atoms with Crippen molar-refractivity contribution in [1.82, 2.24) is 10.2 Å². The van der Waals surface area contributed by atoms with Crippen LogP contribution in [0.4, 0.5) is 0 Å². The topological polar surface area (TPSA) is 102 Å². The number of rotatable bonds is 41. The molecule has 0 aromatic rings. The number of carbonyl (C=O) groups excluding carboxylic acids is 4. The standard InChI is InChI=1S/C58H100N2O6/c1-8-10-12-14-16-18-20-22-24-26-30-39-56(63)65-47-45-60(46-48-66-57(64)40-31-27-25-23-21-19-17-15-13-11-9-2)55(62)38-29-28-32-44-59-54(61)49-51(4)36-33-35-50(3)41-42-53-52(5)37-34-43-58(53,6)7/h33,35-36,41-42,49H,8-32,34,37-40,43-48H2,1-7H3,(H,59,61)/b36-33+,42-41+,50-35+,51-49+. The van der Waals surface area contributed by atoms with Crippen LogP contribution < -0.4 is 5.32 Å². The highest BCUT2D eigenvalue weighted by Gasteiger charge is 2.26. The van der Waals surface area contributed by atoms with Crippen LogP contribution in [-0.4, -0.2) is 61.5 Å². The Morgan fingerprint density at radius 3 is 1.55 bits per heavy atom. The van der Waals surface area contributed by atoms with Crippen LogP contribution in [0.3, 0.4) is 0 Å². The molecule has 0 radical (unpaired) electrons. The molecule has 1 aliphatic rings. The van der Waals surface area contributed by atoms with Gasteiger partial charge in [0.2, 0.25) is 11.8 Å². The summed E-state index contributed by atoms with van der Waals surface area (Å²) in [5.41, 5.74) is 5.19. The lowest BCUT2D eigenvalue weighted by molar-refractivity contribution is -0.147. The first-order chi connectivity index (χ1) is 31.9. The number of hydrogen-bond acceptors (Lipinski definition) is 6. The minimum atomic E-state index is -0.221. The second-order valence-electron chi connectivity index (χ2n) is 19.9. The van der Waals surface area contributed by atoms with Gasteiger partial charge in [0.25, 0.3) is 0 Å². The van der Waals surface area contributed by atoms with Crippen molar-refractivity contribution in [3.05, 3.63) is 58.7 Å².